The zero-order chi connectivity index (χ0) is 10.5. The Morgan fingerprint density at radius 1 is 1.20 bits per heavy atom. The minimum atomic E-state index is 1.03. The Morgan fingerprint density at radius 2 is 1.87 bits per heavy atom. The van der Waals surface area contributed by atoms with Crippen LogP contribution in [0.4, 0.5) is 5.69 Å². The summed E-state index contributed by atoms with van der Waals surface area (Å²) in [6, 6.07) is 4.12. The van der Waals surface area contributed by atoms with Gasteiger partial charge in [-0.25, -0.2) is 0 Å². The maximum Gasteiger partial charge on any atom is 0.0703 e. The molecule has 0 atom stereocenters. The minimum absolute atomic E-state index is 1.03. The Kier molecular flexibility index (Phi) is 3.56. The molecule has 15 heavy (non-hydrogen) atoms. The second kappa shape index (κ2) is 5.12. The van der Waals surface area contributed by atoms with Crippen LogP contribution in [0.3, 0.4) is 0 Å². The molecular formula is C12H19N3. The summed E-state index contributed by atoms with van der Waals surface area (Å²) in [6.45, 7) is 3.52. The molecule has 1 fully saturated rings. The number of pyridine rings is 1. The highest BCUT2D eigenvalue weighted by Crippen LogP contribution is 2.13. The lowest BCUT2D eigenvalue weighted by molar-refractivity contribution is 0.231. The first-order valence-corrected chi connectivity index (χ1v) is 5.70. The molecule has 1 aromatic heterocycles. The lowest BCUT2D eigenvalue weighted by Gasteiger charge is -2.31. The van der Waals surface area contributed by atoms with E-state index in [2.05, 4.69) is 34.0 Å². The zero-order valence-corrected chi connectivity index (χ0v) is 9.39. The van der Waals surface area contributed by atoms with Crippen LogP contribution in [-0.4, -0.2) is 36.7 Å². The topological polar surface area (TPSA) is 19.4 Å². The number of aromatic nitrogens is 1. The van der Waals surface area contributed by atoms with Crippen molar-refractivity contribution in [2.45, 2.75) is 19.3 Å². The molecule has 0 aromatic carbocycles. The van der Waals surface area contributed by atoms with Crippen LogP contribution in [-0.2, 0) is 0 Å². The maximum atomic E-state index is 4.03. The molecule has 0 N–H and O–H groups in total. The van der Waals surface area contributed by atoms with Gasteiger partial charge < -0.3 is 4.90 Å². The van der Waals surface area contributed by atoms with E-state index in [1.807, 2.05) is 12.4 Å². The number of piperidine rings is 1. The molecule has 0 saturated carbocycles. The molecule has 1 saturated heterocycles. The molecule has 0 amide bonds. The van der Waals surface area contributed by atoms with Crippen molar-refractivity contribution in [1.82, 2.24) is 9.88 Å². The molecule has 1 aliphatic rings. The standard InChI is InChI=1S/C12H19N3/c1-14(12-5-7-13-8-6-12)11-15-9-3-2-4-10-15/h5-8H,2-4,9-11H2,1H3. The summed E-state index contributed by atoms with van der Waals surface area (Å²) in [4.78, 5) is 8.84. The van der Waals surface area contributed by atoms with E-state index in [4.69, 9.17) is 0 Å². The van der Waals surface area contributed by atoms with Gasteiger partial charge in [0.2, 0.25) is 0 Å². The lowest BCUT2D eigenvalue weighted by atomic mass is 10.1. The third-order valence-corrected chi connectivity index (χ3v) is 2.96. The maximum absolute atomic E-state index is 4.03. The molecule has 0 unspecified atom stereocenters. The first-order chi connectivity index (χ1) is 7.36. The van der Waals surface area contributed by atoms with Crippen molar-refractivity contribution in [1.29, 1.82) is 0 Å². The second-order valence-electron chi connectivity index (χ2n) is 4.22. The van der Waals surface area contributed by atoms with E-state index < -0.39 is 0 Å². The van der Waals surface area contributed by atoms with Gasteiger partial charge in [0.1, 0.15) is 0 Å². The normalized spacial score (nSPS) is 17.7. The Hall–Kier alpha value is -1.09. The van der Waals surface area contributed by atoms with Gasteiger partial charge in [-0.15, -0.1) is 0 Å². The Bertz CT molecular complexity index is 280. The van der Waals surface area contributed by atoms with Gasteiger partial charge in [0.25, 0.3) is 0 Å². The molecule has 0 aliphatic carbocycles. The quantitative estimate of drug-likeness (QED) is 0.752. The predicted molar refractivity (Wildman–Crippen MR) is 62.9 cm³/mol. The van der Waals surface area contributed by atoms with Crippen LogP contribution in [0.15, 0.2) is 24.5 Å². The van der Waals surface area contributed by atoms with E-state index in [0.717, 1.165) is 6.67 Å². The highest BCUT2D eigenvalue weighted by Gasteiger charge is 2.11. The molecular weight excluding hydrogens is 186 g/mol. The predicted octanol–water partition coefficient (Wildman–Crippen LogP) is 1.96. The number of rotatable bonds is 3. The highest BCUT2D eigenvalue weighted by molar-refractivity contribution is 5.43. The molecule has 1 aliphatic heterocycles. The second-order valence-corrected chi connectivity index (χ2v) is 4.22. The SMILES string of the molecule is CN(CN1CCCCC1)c1ccncc1. The zero-order valence-electron chi connectivity index (χ0n) is 9.39. The summed E-state index contributed by atoms with van der Waals surface area (Å²) in [7, 11) is 2.14. The molecule has 1 aromatic rings. The van der Waals surface area contributed by atoms with E-state index in [-0.39, 0.29) is 0 Å². The third kappa shape index (κ3) is 2.93. The van der Waals surface area contributed by atoms with Crippen LogP contribution in [0.1, 0.15) is 19.3 Å². The van der Waals surface area contributed by atoms with Crippen molar-refractivity contribution < 1.29 is 0 Å². The smallest absolute Gasteiger partial charge is 0.0703 e. The van der Waals surface area contributed by atoms with Gasteiger partial charge in [0.15, 0.2) is 0 Å². The average molecular weight is 205 g/mol. The lowest BCUT2D eigenvalue weighted by Crippen LogP contribution is -2.38. The summed E-state index contributed by atoms with van der Waals surface area (Å²) in [6.07, 6.45) is 7.80. The third-order valence-electron chi connectivity index (χ3n) is 2.96. The fourth-order valence-corrected chi connectivity index (χ4v) is 2.08. The summed E-state index contributed by atoms with van der Waals surface area (Å²) in [5.41, 5.74) is 1.25. The fraction of sp³-hybridized carbons (Fsp3) is 0.583. The van der Waals surface area contributed by atoms with Crippen molar-refractivity contribution in [3.05, 3.63) is 24.5 Å². The largest absolute Gasteiger partial charge is 0.362 e. The van der Waals surface area contributed by atoms with Crippen LogP contribution in [0.25, 0.3) is 0 Å². The van der Waals surface area contributed by atoms with Crippen molar-refractivity contribution in [3.63, 3.8) is 0 Å². The van der Waals surface area contributed by atoms with Crippen molar-refractivity contribution in [3.8, 4) is 0 Å². The van der Waals surface area contributed by atoms with Crippen LogP contribution in [0.2, 0.25) is 0 Å². The molecule has 0 radical (unpaired) electrons. The van der Waals surface area contributed by atoms with Gasteiger partial charge in [-0.3, -0.25) is 9.88 Å². The van der Waals surface area contributed by atoms with Crippen molar-refractivity contribution >= 4 is 5.69 Å². The first kappa shape index (κ1) is 10.4. The number of likely N-dealkylation sites (tertiary alicyclic amines) is 1. The molecule has 3 heteroatoms. The summed E-state index contributed by atoms with van der Waals surface area (Å²) < 4.78 is 0. The summed E-state index contributed by atoms with van der Waals surface area (Å²) >= 11 is 0. The van der Waals surface area contributed by atoms with Gasteiger partial charge in [-0.1, -0.05) is 6.42 Å². The summed E-state index contributed by atoms with van der Waals surface area (Å²) in [5.74, 6) is 0. The molecule has 3 nitrogen and oxygen atoms in total. The summed E-state index contributed by atoms with van der Waals surface area (Å²) in [5, 5.41) is 0. The van der Waals surface area contributed by atoms with E-state index >= 15 is 0 Å². The van der Waals surface area contributed by atoms with Gasteiger partial charge in [-0.2, -0.15) is 0 Å². The molecule has 2 rings (SSSR count). The Labute approximate surface area is 91.7 Å². The van der Waals surface area contributed by atoms with Crippen LogP contribution in [0, 0.1) is 0 Å². The van der Waals surface area contributed by atoms with E-state index in [1.54, 1.807) is 0 Å². The fourth-order valence-electron chi connectivity index (χ4n) is 2.08. The van der Waals surface area contributed by atoms with Crippen LogP contribution >= 0.6 is 0 Å². The van der Waals surface area contributed by atoms with Gasteiger partial charge in [-0.05, 0) is 38.1 Å². The van der Waals surface area contributed by atoms with Crippen molar-refractivity contribution in [2.24, 2.45) is 0 Å². The number of nitrogens with zero attached hydrogens (tertiary/aromatic N) is 3. The van der Waals surface area contributed by atoms with Crippen LogP contribution < -0.4 is 4.90 Å². The van der Waals surface area contributed by atoms with Gasteiger partial charge >= 0.3 is 0 Å². The Morgan fingerprint density at radius 3 is 2.53 bits per heavy atom. The number of hydrogen-bond donors (Lipinski definition) is 0. The average Bonchev–Trinajstić information content (AvgIpc) is 2.31. The van der Waals surface area contributed by atoms with E-state index in [0.29, 0.717) is 0 Å². The minimum Gasteiger partial charge on any atom is -0.362 e. The van der Waals surface area contributed by atoms with Gasteiger partial charge in [0, 0.05) is 25.1 Å². The Balaban J connectivity index is 1.88. The van der Waals surface area contributed by atoms with E-state index in [1.165, 1.54) is 38.0 Å². The monoisotopic (exact) mass is 205 g/mol. The van der Waals surface area contributed by atoms with Crippen LogP contribution in [0.5, 0.6) is 0 Å². The number of anilines is 1. The van der Waals surface area contributed by atoms with E-state index in [9.17, 15) is 0 Å². The van der Waals surface area contributed by atoms with Gasteiger partial charge in [0.05, 0.1) is 6.67 Å². The molecule has 2 heterocycles. The highest BCUT2D eigenvalue weighted by atomic mass is 15.3. The first-order valence-electron chi connectivity index (χ1n) is 5.70. The van der Waals surface area contributed by atoms with Crippen molar-refractivity contribution in [2.75, 3.05) is 31.7 Å². The number of hydrogen-bond acceptors (Lipinski definition) is 3. The molecule has 82 valence electrons. The molecule has 0 spiro atoms. The molecule has 0 bridgehead atoms.